The molecule has 0 aliphatic rings. The molecular formula is C14H16N2O2. The molecule has 0 saturated heterocycles. The molecule has 1 heterocycles. The van der Waals surface area contributed by atoms with Gasteiger partial charge >= 0.3 is 0 Å². The highest BCUT2D eigenvalue weighted by Crippen LogP contribution is 2.28. The van der Waals surface area contributed by atoms with Gasteiger partial charge < -0.3 is 10.1 Å². The van der Waals surface area contributed by atoms with E-state index < -0.39 is 5.41 Å². The van der Waals surface area contributed by atoms with Crippen molar-refractivity contribution < 1.29 is 5.11 Å². The normalized spacial score (nSPS) is 11.5. The minimum atomic E-state index is -0.467. The highest BCUT2D eigenvalue weighted by Gasteiger charge is 2.26. The van der Waals surface area contributed by atoms with E-state index in [1.807, 2.05) is 44.2 Å². The highest BCUT2D eigenvalue weighted by atomic mass is 16.3. The third-order valence-electron chi connectivity index (χ3n) is 3.21. The lowest BCUT2D eigenvalue weighted by atomic mass is 9.84. The van der Waals surface area contributed by atoms with Gasteiger partial charge in [0.25, 0.3) is 5.56 Å². The number of H-pyrrole nitrogens is 1. The van der Waals surface area contributed by atoms with Crippen molar-refractivity contribution in [2.75, 3.05) is 0 Å². The molecule has 4 heteroatoms. The van der Waals surface area contributed by atoms with E-state index in [9.17, 15) is 9.90 Å². The third kappa shape index (κ3) is 2.01. The zero-order valence-electron chi connectivity index (χ0n) is 10.7. The molecule has 0 amide bonds. The van der Waals surface area contributed by atoms with Crippen LogP contribution in [0, 0.1) is 6.92 Å². The molecular weight excluding hydrogens is 228 g/mol. The summed E-state index contributed by atoms with van der Waals surface area (Å²) in [6.07, 6.45) is 0. The van der Waals surface area contributed by atoms with E-state index in [2.05, 4.69) is 9.97 Å². The molecule has 2 aromatic rings. The monoisotopic (exact) mass is 244 g/mol. The van der Waals surface area contributed by atoms with Gasteiger partial charge in [-0.05, 0) is 26.3 Å². The van der Waals surface area contributed by atoms with E-state index in [-0.39, 0.29) is 17.0 Å². The Hall–Kier alpha value is -2.10. The van der Waals surface area contributed by atoms with E-state index in [0.29, 0.717) is 5.82 Å². The van der Waals surface area contributed by atoms with Crippen molar-refractivity contribution in [3.63, 3.8) is 0 Å². The zero-order chi connectivity index (χ0) is 13.3. The van der Waals surface area contributed by atoms with Crippen LogP contribution in [0.2, 0.25) is 0 Å². The smallest absolute Gasteiger partial charge is 0.257 e. The van der Waals surface area contributed by atoms with Gasteiger partial charge in [0.05, 0.1) is 5.56 Å². The summed E-state index contributed by atoms with van der Waals surface area (Å²) in [5.74, 6) is 0.250. The van der Waals surface area contributed by atoms with E-state index in [4.69, 9.17) is 0 Å². The van der Waals surface area contributed by atoms with Gasteiger partial charge in [0.1, 0.15) is 5.82 Å². The van der Waals surface area contributed by atoms with Gasteiger partial charge in [-0.25, -0.2) is 0 Å². The van der Waals surface area contributed by atoms with E-state index in [1.165, 1.54) is 0 Å². The Kier molecular flexibility index (Phi) is 2.95. The summed E-state index contributed by atoms with van der Waals surface area (Å²) in [4.78, 5) is 18.5. The van der Waals surface area contributed by atoms with Crippen LogP contribution < -0.4 is 5.56 Å². The van der Waals surface area contributed by atoms with Crippen LogP contribution in [0.25, 0.3) is 0 Å². The van der Waals surface area contributed by atoms with Gasteiger partial charge in [-0.15, -0.1) is 0 Å². The van der Waals surface area contributed by atoms with Crippen molar-refractivity contribution in [1.82, 2.24) is 9.97 Å². The molecule has 1 aromatic carbocycles. The highest BCUT2D eigenvalue weighted by molar-refractivity contribution is 5.32. The first kappa shape index (κ1) is 12.4. The Bertz CT molecular complexity index is 615. The van der Waals surface area contributed by atoms with Gasteiger partial charge in [-0.3, -0.25) is 4.79 Å². The summed E-state index contributed by atoms with van der Waals surface area (Å²) in [7, 11) is 0. The second kappa shape index (κ2) is 4.29. The summed E-state index contributed by atoms with van der Waals surface area (Å²) in [6.45, 7) is 5.45. The second-order valence-corrected chi connectivity index (χ2v) is 4.85. The van der Waals surface area contributed by atoms with Gasteiger partial charge in [0, 0.05) is 5.41 Å². The molecule has 0 fully saturated rings. The molecule has 2 rings (SSSR count). The van der Waals surface area contributed by atoms with Crippen molar-refractivity contribution in [3.05, 3.63) is 57.6 Å². The summed E-state index contributed by atoms with van der Waals surface area (Å²) in [5.41, 5.74) is 0.492. The minimum Gasteiger partial charge on any atom is -0.493 e. The first-order valence-corrected chi connectivity index (χ1v) is 5.79. The molecule has 1 aromatic heterocycles. The largest absolute Gasteiger partial charge is 0.493 e. The zero-order valence-corrected chi connectivity index (χ0v) is 10.7. The number of rotatable bonds is 2. The molecule has 94 valence electrons. The number of hydrogen-bond donors (Lipinski definition) is 2. The summed E-state index contributed by atoms with van der Waals surface area (Å²) >= 11 is 0. The lowest BCUT2D eigenvalue weighted by Gasteiger charge is -2.24. The summed E-state index contributed by atoms with van der Waals surface area (Å²) in [5, 5.41) is 9.66. The maximum Gasteiger partial charge on any atom is 0.257 e. The molecule has 0 spiro atoms. The van der Waals surface area contributed by atoms with Crippen LogP contribution >= 0.6 is 0 Å². The van der Waals surface area contributed by atoms with E-state index in [1.54, 1.807) is 6.92 Å². The fourth-order valence-electron chi connectivity index (χ4n) is 1.81. The Labute approximate surface area is 105 Å². The Morgan fingerprint density at radius 1 is 1.22 bits per heavy atom. The second-order valence-electron chi connectivity index (χ2n) is 4.85. The molecule has 0 radical (unpaired) electrons. The third-order valence-corrected chi connectivity index (χ3v) is 3.21. The van der Waals surface area contributed by atoms with Crippen LogP contribution in [-0.2, 0) is 5.41 Å². The summed E-state index contributed by atoms with van der Waals surface area (Å²) < 4.78 is 0. The summed E-state index contributed by atoms with van der Waals surface area (Å²) in [6, 6.07) is 9.74. The van der Waals surface area contributed by atoms with Gasteiger partial charge in [-0.2, -0.15) is 4.98 Å². The lowest BCUT2D eigenvalue weighted by molar-refractivity contribution is 0.434. The van der Waals surface area contributed by atoms with Crippen LogP contribution in [0.3, 0.4) is 0 Å². The van der Waals surface area contributed by atoms with Crippen LogP contribution in [0.1, 0.15) is 30.8 Å². The van der Waals surface area contributed by atoms with Crippen molar-refractivity contribution in [2.24, 2.45) is 0 Å². The van der Waals surface area contributed by atoms with Gasteiger partial charge in [0.15, 0.2) is 0 Å². The van der Waals surface area contributed by atoms with E-state index >= 15 is 0 Å². The fourth-order valence-corrected chi connectivity index (χ4v) is 1.81. The Balaban J connectivity index is 2.58. The molecule has 4 nitrogen and oxygen atoms in total. The average Bonchev–Trinajstić information content (AvgIpc) is 2.36. The molecule has 2 N–H and O–H groups in total. The standard InChI is InChI=1S/C14H16N2O2/c1-9-11(17)15-13(16-12(9)18)14(2,3)10-7-5-4-6-8-10/h4-8H,1-3H3,(H2,15,16,17,18). The number of hydrogen-bond acceptors (Lipinski definition) is 3. The molecule has 0 aliphatic heterocycles. The van der Waals surface area contributed by atoms with Crippen molar-refractivity contribution in [1.29, 1.82) is 0 Å². The number of aromatic amines is 1. The Morgan fingerprint density at radius 3 is 2.39 bits per heavy atom. The maximum atomic E-state index is 11.7. The number of aromatic hydroxyl groups is 1. The topological polar surface area (TPSA) is 66.0 Å². The predicted octanol–water partition coefficient (Wildman–Crippen LogP) is 2.11. The molecule has 0 saturated carbocycles. The molecule has 0 aliphatic carbocycles. The minimum absolute atomic E-state index is 0.210. The van der Waals surface area contributed by atoms with Crippen LogP contribution in [-0.4, -0.2) is 15.1 Å². The predicted molar refractivity (Wildman–Crippen MR) is 69.8 cm³/mol. The average molecular weight is 244 g/mol. The van der Waals surface area contributed by atoms with Crippen LogP contribution in [0.15, 0.2) is 35.1 Å². The van der Waals surface area contributed by atoms with Crippen molar-refractivity contribution in [2.45, 2.75) is 26.2 Å². The number of nitrogens with one attached hydrogen (secondary N) is 1. The molecule has 0 atom stereocenters. The molecule has 0 unspecified atom stereocenters. The number of aromatic nitrogens is 2. The number of benzene rings is 1. The van der Waals surface area contributed by atoms with Crippen LogP contribution in [0.4, 0.5) is 0 Å². The van der Waals surface area contributed by atoms with Gasteiger partial charge in [0.2, 0.25) is 5.88 Å². The van der Waals surface area contributed by atoms with Crippen molar-refractivity contribution in [3.8, 4) is 5.88 Å². The van der Waals surface area contributed by atoms with Gasteiger partial charge in [-0.1, -0.05) is 30.3 Å². The first-order chi connectivity index (χ1) is 8.43. The molecule has 18 heavy (non-hydrogen) atoms. The molecule has 0 bridgehead atoms. The van der Waals surface area contributed by atoms with E-state index in [0.717, 1.165) is 5.56 Å². The number of nitrogens with zero attached hydrogens (tertiary/aromatic N) is 1. The fraction of sp³-hybridized carbons (Fsp3) is 0.286. The quantitative estimate of drug-likeness (QED) is 0.850. The SMILES string of the molecule is Cc1c(O)nc(C(C)(C)c2ccccc2)[nH]c1=O. The lowest BCUT2D eigenvalue weighted by Crippen LogP contribution is -2.27. The maximum absolute atomic E-state index is 11.7. The Morgan fingerprint density at radius 2 is 1.83 bits per heavy atom. The first-order valence-electron chi connectivity index (χ1n) is 5.79. The van der Waals surface area contributed by atoms with Crippen molar-refractivity contribution >= 4 is 0 Å². The van der Waals surface area contributed by atoms with Crippen LogP contribution in [0.5, 0.6) is 5.88 Å².